The average molecular weight is 803 g/mol. The average Bonchev–Trinajstić information content (AvgIpc) is 3.53. The van der Waals surface area contributed by atoms with Gasteiger partial charge >= 0.3 is 24.1 Å². The minimum Gasteiger partial charge on any atom is -0.491 e. The number of halogens is 8. The Kier molecular flexibility index (Phi) is 7.84. The Balaban J connectivity index is 1.41. The third-order valence-corrected chi connectivity index (χ3v) is 13.0. The van der Waals surface area contributed by atoms with Gasteiger partial charge in [-0.3, -0.25) is 14.9 Å². The molecule has 1 aliphatic carbocycles. The molecule has 1 spiro atoms. The van der Waals surface area contributed by atoms with E-state index in [1.807, 2.05) is 22.6 Å². The molecule has 4 aliphatic rings. The van der Waals surface area contributed by atoms with Gasteiger partial charge < -0.3 is 15.0 Å². The Morgan fingerprint density at radius 3 is 2.11 bits per heavy atom. The van der Waals surface area contributed by atoms with Crippen LogP contribution in [0.25, 0.3) is 0 Å². The fourth-order valence-electron chi connectivity index (χ4n) is 7.28. The lowest BCUT2D eigenvalue weighted by Gasteiger charge is -2.43. The number of imide groups is 1. The van der Waals surface area contributed by atoms with Crippen molar-refractivity contribution in [2.75, 3.05) is 13.2 Å². The number of nitrogens with one attached hydrogen (secondary N) is 2. The van der Waals surface area contributed by atoms with E-state index in [-0.39, 0.29) is 61.2 Å². The first-order chi connectivity index (χ1) is 21.8. The predicted octanol–water partition coefficient (Wildman–Crippen LogP) is 5.01. The quantitative estimate of drug-likeness (QED) is 0.255. The molecular formula is C29H25F7IN3O6S. The van der Waals surface area contributed by atoms with Crippen LogP contribution < -0.4 is 15.4 Å². The number of hydrogen-bond donors (Lipinski definition) is 2. The van der Waals surface area contributed by atoms with E-state index in [1.165, 1.54) is 29.2 Å². The van der Waals surface area contributed by atoms with Crippen molar-refractivity contribution in [1.29, 1.82) is 0 Å². The van der Waals surface area contributed by atoms with Crippen LogP contribution in [0, 0.1) is 9.49 Å². The molecule has 254 valence electrons. The summed E-state index contributed by atoms with van der Waals surface area (Å²) in [4.78, 5) is 39.2. The van der Waals surface area contributed by atoms with Gasteiger partial charge in [-0.2, -0.15) is 26.3 Å². The maximum Gasteiger partial charge on any atom is 0.435 e. The van der Waals surface area contributed by atoms with Gasteiger partial charge in [0.1, 0.15) is 22.6 Å². The molecule has 3 fully saturated rings. The highest BCUT2D eigenvalue weighted by molar-refractivity contribution is 14.1. The summed E-state index contributed by atoms with van der Waals surface area (Å²) in [5, 5.41) is 4.77. The fourth-order valence-corrected chi connectivity index (χ4v) is 9.93. The molecule has 3 heterocycles. The zero-order chi connectivity index (χ0) is 34.4. The maximum atomic E-state index is 15.0. The first-order valence-corrected chi connectivity index (χ1v) is 16.9. The first kappa shape index (κ1) is 33.7. The summed E-state index contributed by atoms with van der Waals surface area (Å²) in [6.45, 7) is -0.785. The SMILES string of the molecule is O=C1NC(=O)C2(CCC(C(=O)N3CCC4(S(=O)(=O)c5ccc(I)cc5)c5ccc(C(F)(C(F)(F)F)C(F)(F)F)cc5OCC34)CC2)N1. The number of urea groups is 1. The van der Waals surface area contributed by atoms with E-state index in [0.29, 0.717) is 9.64 Å². The summed E-state index contributed by atoms with van der Waals surface area (Å²) in [6.07, 6.45) is -12.5. The van der Waals surface area contributed by atoms with Crippen molar-refractivity contribution in [2.24, 2.45) is 5.92 Å². The molecule has 47 heavy (non-hydrogen) atoms. The molecule has 2 aromatic rings. The standard InChI is InChI=1S/C29H25F7IN3O6S/c30-27(28(31,32)33,29(34,35)36)16-1-6-19-20(13-16)46-14-21-26(19,47(44,45)18-4-2-17(37)3-5-18)11-12-40(21)22(41)15-7-9-25(10-8-15)23(42)38-24(43)39-25/h1-6,13,15,21H,7-12,14H2,(H2,38,39,42,43). The Morgan fingerprint density at radius 2 is 1.55 bits per heavy atom. The Morgan fingerprint density at radius 1 is 0.936 bits per heavy atom. The second-order valence-corrected chi connectivity index (χ2v) is 15.5. The Hall–Kier alpha value is -3.16. The van der Waals surface area contributed by atoms with Crippen molar-refractivity contribution in [1.82, 2.24) is 15.5 Å². The summed E-state index contributed by atoms with van der Waals surface area (Å²) in [7, 11) is -4.54. The highest BCUT2D eigenvalue weighted by Gasteiger charge is 2.74. The third kappa shape index (κ3) is 4.89. The minimum absolute atomic E-state index is 0.136. The van der Waals surface area contributed by atoms with Crippen molar-refractivity contribution in [3.8, 4) is 5.75 Å². The van der Waals surface area contributed by atoms with Crippen LogP contribution >= 0.6 is 22.6 Å². The predicted molar refractivity (Wildman–Crippen MR) is 156 cm³/mol. The number of alkyl halides is 7. The van der Waals surface area contributed by atoms with Gasteiger partial charge in [-0.1, -0.05) is 12.1 Å². The van der Waals surface area contributed by atoms with E-state index in [2.05, 4.69) is 10.6 Å². The molecule has 2 N–H and O–H groups in total. The van der Waals surface area contributed by atoms with Crippen LogP contribution in [0.1, 0.15) is 43.2 Å². The number of rotatable bonds is 4. The summed E-state index contributed by atoms with van der Waals surface area (Å²) in [5.41, 5.74) is -9.07. The van der Waals surface area contributed by atoms with Crippen molar-refractivity contribution < 1.29 is 58.3 Å². The van der Waals surface area contributed by atoms with Crippen molar-refractivity contribution in [3.63, 3.8) is 0 Å². The van der Waals surface area contributed by atoms with Crippen LogP contribution in [0.5, 0.6) is 5.75 Å². The second kappa shape index (κ2) is 10.9. The number of likely N-dealkylation sites (tertiary alicyclic amines) is 1. The highest BCUT2D eigenvalue weighted by atomic mass is 127. The molecule has 9 nitrogen and oxygen atoms in total. The van der Waals surface area contributed by atoms with Gasteiger partial charge in [0.25, 0.3) is 5.91 Å². The molecular weight excluding hydrogens is 778 g/mol. The molecule has 0 bridgehead atoms. The van der Waals surface area contributed by atoms with Crippen molar-refractivity contribution >= 4 is 50.3 Å². The molecule has 2 aromatic carbocycles. The molecule has 3 aliphatic heterocycles. The second-order valence-electron chi connectivity index (χ2n) is 12.1. The number of amides is 4. The van der Waals surface area contributed by atoms with Gasteiger partial charge in [-0.25, -0.2) is 17.6 Å². The molecule has 0 aromatic heterocycles. The molecule has 18 heteroatoms. The zero-order valence-corrected chi connectivity index (χ0v) is 26.9. The number of fused-ring (bicyclic) bond motifs is 3. The van der Waals surface area contributed by atoms with Gasteiger partial charge in [0.05, 0.1) is 10.9 Å². The summed E-state index contributed by atoms with van der Waals surface area (Å²) >= 11 is 1.95. The van der Waals surface area contributed by atoms with Crippen LogP contribution in [-0.4, -0.2) is 68.2 Å². The lowest BCUT2D eigenvalue weighted by Crippen LogP contribution is -2.56. The normalized spacial score (nSPS) is 28.0. The number of benzene rings is 2. The van der Waals surface area contributed by atoms with E-state index < -0.39 is 85.9 Å². The summed E-state index contributed by atoms with van der Waals surface area (Å²) in [6, 6.07) is 4.88. The number of hydrogen-bond acceptors (Lipinski definition) is 6. The van der Waals surface area contributed by atoms with Gasteiger partial charge in [0.2, 0.25) is 5.91 Å². The summed E-state index contributed by atoms with van der Waals surface area (Å²) in [5.74, 6) is -2.35. The highest BCUT2D eigenvalue weighted by Crippen LogP contribution is 2.57. The van der Waals surface area contributed by atoms with E-state index in [9.17, 15) is 49.1 Å². The number of sulfone groups is 1. The Labute approximate surface area is 276 Å². The lowest BCUT2D eigenvalue weighted by atomic mass is 9.76. The Bertz CT molecular complexity index is 1750. The van der Waals surface area contributed by atoms with Gasteiger partial charge in [0.15, 0.2) is 9.84 Å². The van der Waals surface area contributed by atoms with E-state index in [1.54, 1.807) is 0 Å². The fraction of sp³-hybridized carbons (Fsp3) is 0.483. The molecule has 4 amide bonds. The largest absolute Gasteiger partial charge is 0.491 e. The number of carbonyl (C=O) groups is 3. The first-order valence-electron chi connectivity index (χ1n) is 14.3. The summed E-state index contributed by atoms with van der Waals surface area (Å²) < 4.78 is 130. The van der Waals surface area contributed by atoms with E-state index >= 15 is 4.39 Å². The van der Waals surface area contributed by atoms with Gasteiger partial charge in [0, 0.05) is 27.2 Å². The topological polar surface area (TPSA) is 122 Å². The smallest absolute Gasteiger partial charge is 0.435 e. The minimum atomic E-state index is -6.40. The lowest BCUT2D eigenvalue weighted by molar-refractivity contribution is -0.348. The molecule has 2 saturated heterocycles. The van der Waals surface area contributed by atoms with Crippen molar-refractivity contribution in [2.45, 2.75) is 71.3 Å². The zero-order valence-electron chi connectivity index (χ0n) is 24.0. The molecule has 2 atom stereocenters. The van der Waals surface area contributed by atoms with Crippen LogP contribution in [0.2, 0.25) is 0 Å². The monoisotopic (exact) mass is 803 g/mol. The molecule has 6 rings (SSSR count). The number of carbonyl (C=O) groups excluding carboxylic acids is 3. The number of ether oxygens (including phenoxy) is 1. The maximum absolute atomic E-state index is 15.0. The van der Waals surface area contributed by atoms with Crippen LogP contribution in [0.15, 0.2) is 47.4 Å². The number of nitrogens with zero attached hydrogens (tertiary/aromatic N) is 1. The van der Waals surface area contributed by atoms with Crippen LogP contribution in [0.3, 0.4) is 0 Å². The van der Waals surface area contributed by atoms with Crippen LogP contribution in [-0.2, 0) is 29.8 Å². The van der Waals surface area contributed by atoms with Crippen molar-refractivity contribution in [3.05, 3.63) is 57.2 Å². The van der Waals surface area contributed by atoms with E-state index in [4.69, 9.17) is 4.74 Å². The molecule has 2 unspecified atom stereocenters. The van der Waals surface area contributed by atoms with Gasteiger partial charge in [-0.15, -0.1) is 0 Å². The molecule has 1 saturated carbocycles. The third-order valence-electron chi connectivity index (χ3n) is 9.74. The van der Waals surface area contributed by atoms with E-state index in [0.717, 1.165) is 0 Å². The molecule has 0 radical (unpaired) electrons. The van der Waals surface area contributed by atoms with Gasteiger partial charge in [-0.05, 0) is 85.0 Å². The van der Waals surface area contributed by atoms with Crippen LogP contribution in [0.4, 0.5) is 35.5 Å².